The average molecular weight is 233 g/mol. The maximum Gasteiger partial charge on any atom is 0.332 e. The summed E-state index contributed by atoms with van der Waals surface area (Å²) in [6.45, 7) is 4.94. The summed E-state index contributed by atoms with van der Waals surface area (Å²) in [6.07, 6.45) is 0. The van der Waals surface area contributed by atoms with Gasteiger partial charge in [0.2, 0.25) is 5.91 Å². The van der Waals surface area contributed by atoms with Crippen LogP contribution in [0.5, 0.6) is 0 Å². The molecule has 0 aromatic carbocycles. The van der Waals surface area contributed by atoms with E-state index >= 15 is 0 Å². The molecule has 5 nitrogen and oxygen atoms in total. The largest absolute Gasteiger partial charge is 0.467 e. The third-order valence-corrected chi connectivity index (χ3v) is 3.59. The van der Waals surface area contributed by atoms with Crippen LogP contribution in [0.4, 0.5) is 0 Å². The van der Waals surface area contributed by atoms with E-state index in [1.807, 2.05) is 0 Å². The Morgan fingerprint density at radius 1 is 1.47 bits per heavy atom. The molecular weight excluding hydrogens is 218 g/mol. The molecule has 0 radical (unpaired) electrons. The second-order valence-corrected chi connectivity index (χ2v) is 5.53. The van der Waals surface area contributed by atoms with Crippen LogP contribution in [0.15, 0.2) is 0 Å². The molecule has 0 bridgehead atoms. The van der Waals surface area contributed by atoms with Crippen LogP contribution in [0.2, 0.25) is 0 Å². The van der Waals surface area contributed by atoms with Gasteiger partial charge in [0.15, 0.2) is 6.04 Å². The van der Waals surface area contributed by atoms with Crippen molar-refractivity contribution in [1.29, 1.82) is 0 Å². The van der Waals surface area contributed by atoms with Crippen molar-refractivity contribution in [2.45, 2.75) is 37.1 Å². The van der Waals surface area contributed by atoms with Gasteiger partial charge in [-0.2, -0.15) is 0 Å². The summed E-state index contributed by atoms with van der Waals surface area (Å²) in [7, 11) is 1.24. The van der Waals surface area contributed by atoms with Crippen LogP contribution >= 0.6 is 11.8 Å². The lowest BCUT2D eigenvalue weighted by Gasteiger charge is -2.32. The van der Waals surface area contributed by atoms with Crippen molar-refractivity contribution < 1.29 is 19.4 Å². The first-order valence-corrected chi connectivity index (χ1v) is 5.43. The van der Waals surface area contributed by atoms with Gasteiger partial charge >= 0.3 is 5.97 Å². The highest BCUT2D eigenvalue weighted by molar-refractivity contribution is 8.01. The van der Waals surface area contributed by atoms with Gasteiger partial charge in [0.1, 0.15) is 5.44 Å². The standard InChI is InChI=1S/C9H15NO4S/c1-5(11)10-6(7(12)14-4)8(13)15-9(10,2)3/h6,8,13H,1-4H3. The SMILES string of the molecule is COC(=O)C1C(O)SC(C)(C)N1C(C)=O. The van der Waals surface area contributed by atoms with Gasteiger partial charge in [-0.15, -0.1) is 11.8 Å². The monoisotopic (exact) mass is 233 g/mol. The van der Waals surface area contributed by atoms with E-state index in [-0.39, 0.29) is 5.91 Å². The van der Waals surface area contributed by atoms with Gasteiger partial charge in [-0.25, -0.2) is 4.79 Å². The fourth-order valence-electron chi connectivity index (χ4n) is 1.80. The summed E-state index contributed by atoms with van der Waals surface area (Å²) in [5.41, 5.74) is -0.934. The zero-order valence-corrected chi connectivity index (χ0v) is 10.00. The Morgan fingerprint density at radius 2 is 2.00 bits per heavy atom. The van der Waals surface area contributed by atoms with E-state index in [0.29, 0.717) is 0 Å². The molecule has 1 aliphatic heterocycles. The number of hydrogen-bond acceptors (Lipinski definition) is 5. The number of aliphatic hydroxyl groups is 1. The van der Waals surface area contributed by atoms with Gasteiger partial charge in [-0.05, 0) is 13.8 Å². The third kappa shape index (κ3) is 2.10. The van der Waals surface area contributed by atoms with Gasteiger partial charge in [-0.1, -0.05) is 0 Å². The lowest BCUT2D eigenvalue weighted by Crippen LogP contribution is -2.50. The van der Waals surface area contributed by atoms with Crippen LogP contribution in [-0.4, -0.2) is 45.3 Å². The Balaban J connectivity index is 3.03. The van der Waals surface area contributed by atoms with Crippen molar-refractivity contribution in [3.63, 3.8) is 0 Å². The molecule has 0 spiro atoms. The molecular formula is C9H15NO4S. The molecule has 2 atom stereocenters. The van der Waals surface area contributed by atoms with Crippen LogP contribution in [0.25, 0.3) is 0 Å². The summed E-state index contributed by atoms with van der Waals surface area (Å²) >= 11 is 1.17. The first-order chi connectivity index (χ1) is 6.81. The fourth-order valence-corrected chi connectivity index (χ4v) is 3.11. The number of rotatable bonds is 1. The predicted molar refractivity (Wildman–Crippen MR) is 56.0 cm³/mol. The molecule has 1 rings (SSSR count). The number of esters is 1. The zero-order chi connectivity index (χ0) is 11.8. The second-order valence-electron chi connectivity index (χ2n) is 3.81. The maximum absolute atomic E-state index is 11.4. The summed E-state index contributed by atoms with van der Waals surface area (Å²) < 4.78 is 4.57. The Bertz CT molecular complexity index is 292. The first-order valence-electron chi connectivity index (χ1n) is 4.55. The van der Waals surface area contributed by atoms with E-state index in [9.17, 15) is 14.7 Å². The Kier molecular flexibility index (Phi) is 3.30. The normalized spacial score (nSPS) is 29.0. The van der Waals surface area contributed by atoms with E-state index in [2.05, 4.69) is 4.74 Å². The minimum Gasteiger partial charge on any atom is -0.467 e. The van der Waals surface area contributed by atoms with Crippen molar-refractivity contribution in [3.05, 3.63) is 0 Å². The smallest absolute Gasteiger partial charge is 0.332 e. The first kappa shape index (κ1) is 12.3. The van der Waals surface area contributed by atoms with Gasteiger partial charge in [0, 0.05) is 6.92 Å². The fraction of sp³-hybridized carbons (Fsp3) is 0.778. The van der Waals surface area contributed by atoms with Gasteiger partial charge in [0.25, 0.3) is 0 Å². The molecule has 6 heteroatoms. The quantitative estimate of drug-likeness (QED) is 0.654. The Morgan fingerprint density at radius 3 is 2.40 bits per heavy atom. The van der Waals surface area contributed by atoms with E-state index in [1.54, 1.807) is 13.8 Å². The highest BCUT2D eigenvalue weighted by Gasteiger charge is 2.51. The highest BCUT2D eigenvalue weighted by atomic mass is 32.2. The van der Waals surface area contributed by atoms with Crippen molar-refractivity contribution >= 4 is 23.6 Å². The molecule has 1 N–H and O–H groups in total. The molecule has 0 aromatic rings. The molecule has 0 saturated carbocycles. The van der Waals surface area contributed by atoms with E-state index in [1.165, 1.54) is 30.7 Å². The van der Waals surface area contributed by atoms with Crippen LogP contribution in [0.1, 0.15) is 20.8 Å². The number of thioether (sulfide) groups is 1. The van der Waals surface area contributed by atoms with Crippen molar-refractivity contribution in [1.82, 2.24) is 4.90 Å². The number of methoxy groups -OCH3 is 1. The predicted octanol–water partition coefficient (Wildman–Crippen LogP) is 0.178. The van der Waals surface area contributed by atoms with Crippen LogP contribution in [0.3, 0.4) is 0 Å². The number of carbonyl (C=O) groups excluding carboxylic acids is 2. The van der Waals surface area contributed by atoms with Crippen LogP contribution in [0, 0.1) is 0 Å². The molecule has 1 amide bonds. The van der Waals surface area contributed by atoms with E-state index in [0.717, 1.165) is 0 Å². The molecule has 1 saturated heterocycles. The lowest BCUT2D eigenvalue weighted by atomic mass is 10.2. The molecule has 0 aromatic heterocycles. The zero-order valence-electron chi connectivity index (χ0n) is 9.18. The van der Waals surface area contributed by atoms with E-state index in [4.69, 9.17) is 0 Å². The summed E-state index contributed by atoms with van der Waals surface area (Å²) in [5, 5.41) is 9.71. The third-order valence-electron chi connectivity index (χ3n) is 2.32. The maximum atomic E-state index is 11.4. The summed E-state index contributed by atoms with van der Waals surface area (Å²) in [6, 6.07) is -0.910. The molecule has 1 fully saturated rings. The number of hydrogen-bond donors (Lipinski definition) is 1. The second kappa shape index (κ2) is 4.02. The van der Waals surface area contributed by atoms with Crippen LogP contribution < -0.4 is 0 Å². The minimum atomic E-state index is -0.934. The number of amides is 1. The Hall–Kier alpha value is -0.750. The molecule has 0 aliphatic carbocycles. The number of aliphatic hydroxyl groups excluding tert-OH is 1. The number of nitrogens with zero attached hydrogens (tertiary/aromatic N) is 1. The highest BCUT2D eigenvalue weighted by Crippen LogP contribution is 2.43. The number of carbonyl (C=O) groups is 2. The average Bonchev–Trinajstić information content (AvgIpc) is 2.33. The molecule has 15 heavy (non-hydrogen) atoms. The summed E-state index contributed by atoms with van der Waals surface area (Å²) in [4.78, 5) is 23.6. The molecule has 1 aliphatic rings. The van der Waals surface area contributed by atoms with Gasteiger partial charge in [-0.3, -0.25) is 4.79 Å². The van der Waals surface area contributed by atoms with Crippen molar-refractivity contribution in [2.24, 2.45) is 0 Å². The van der Waals surface area contributed by atoms with Gasteiger partial charge in [0.05, 0.1) is 12.0 Å². The Labute approximate surface area is 92.8 Å². The lowest BCUT2D eigenvalue weighted by molar-refractivity contribution is -0.155. The summed E-state index contributed by atoms with van der Waals surface area (Å²) in [5.74, 6) is -0.838. The minimum absolute atomic E-state index is 0.251. The van der Waals surface area contributed by atoms with Gasteiger partial charge < -0.3 is 14.7 Å². The van der Waals surface area contributed by atoms with Crippen molar-refractivity contribution in [2.75, 3.05) is 7.11 Å². The van der Waals surface area contributed by atoms with Crippen molar-refractivity contribution in [3.8, 4) is 0 Å². The topological polar surface area (TPSA) is 66.8 Å². The molecule has 2 unspecified atom stereocenters. The van der Waals surface area contributed by atoms with E-state index < -0.39 is 22.3 Å². The van der Waals surface area contributed by atoms with Crippen LogP contribution in [-0.2, 0) is 14.3 Å². The molecule has 1 heterocycles. The number of ether oxygens (including phenoxy) is 1. The molecule has 86 valence electrons.